The second kappa shape index (κ2) is 5.99. The standard InChI is InChI=1S/C13H16N2O4/c1-8-4-3-5-10(9(8)2)13(19)15(6-11(14)16)7-12(17)18/h3-5H,6-7H2,1-2H3,(H2,14,16)(H,17,18). The molecule has 0 unspecified atom stereocenters. The number of carbonyl (C=O) groups excluding carboxylic acids is 2. The lowest BCUT2D eigenvalue weighted by Crippen LogP contribution is -2.41. The van der Waals surface area contributed by atoms with Crippen molar-refractivity contribution in [1.82, 2.24) is 4.90 Å². The molecule has 0 aromatic heterocycles. The fourth-order valence-corrected chi connectivity index (χ4v) is 1.70. The van der Waals surface area contributed by atoms with E-state index in [4.69, 9.17) is 10.8 Å². The molecule has 1 aromatic carbocycles. The van der Waals surface area contributed by atoms with Gasteiger partial charge in [0.1, 0.15) is 13.1 Å². The minimum atomic E-state index is -1.19. The third-order valence-corrected chi connectivity index (χ3v) is 2.80. The smallest absolute Gasteiger partial charge is 0.323 e. The molecule has 6 heteroatoms. The van der Waals surface area contributed by atoms with E-state index in [0.29, 0.717) is 5.56 Å². The van der Waals surface area contributed by atoms with Crippen LogP contribution in [0, 0.1) is 13.8 Å². The molecule has 2 amide bonds. The van der Waals surface area contributed by atoms with Crippen molar-refractivity contribution in [2.75, 3.05) is 13.1 Å². The van der Waals surface area contributed by atoms with Crippen LogP contribution in [0.1, 0.15) is 21.5 Å². The Morgan fingerprint density at radius 1 is 1.21 bits per heavy atom. The Morgan fingerprint density at radius 2 is 1.84 bits per heavy atom. The zero-order chi connectivity index (χ0) is 14.6. The molecule has 0 bridgehead atoms. The van der Waals surface area contributed by atoms with Crippen molar-refractivity contribution in [3.8, 4) is 0 Å². The van der Waals surface area contributed by atoms with Gasteiger partial charge in [0.2, 0.25) is 5.91 Å². The number of hydrogen-bond acceptors (Lipinski definition) is 3. The largest absolute Gasteiger partial charge is 0.480 e. The van der Waals surface area contributed by atoms with Crippen molar-refractivity contribution in [2.24, 2.45) is 5.73 Å². The van der Waals surface area contributed by atoms with Crippen molar-refractivity contribution in [1.29, 1.82) is 0 Å². The van der Waals surface area contributed by atoms with Gasteiger partial charge in [0, 0.05) is 5.56 Å². The van der Waals surface area contributed by atoms with Crippen LogP contribution in [0.2, 0.25) is 0 Å². The second-order valence-electron chi connectivity index (χ2n) is 4.27. The van der Waals surface area contributed by atoms with E-state index in [1.165, 1.54) is 0 Å². The molecule has 0 saturated heterocycles. The van der Waals surface area contributed by atoms with Gasteiger partial charge < -0.3 is 15.7 Å². The van der Waals surface area contributed by atoms with Crippen molar-refractivity contribution >= 4 is 17.8 Å². The maximum absolute atomic E-state index is 12.2. The van der Waals surface area contributed by atoms with E-state index >= 15 is 0 Å². The number of nitrogens with zero attached hydrogens (tertiary/aromatic N) is 1. The number of rotatable bonds is 5. The first-order chi connectivity index (χ1) is 8.82. The lowest BCUT2D eigenvalue weighted by atomic mass is 10.0. The topological polar surface area (TPSA) is 101 Å². The number of aryl methyl sites for hydroxylation is 1. The number of nitrogens with two attached hydrogens (primary N) is 1. The van der Waals surface area contributed by atoms with Crippen molar-refractivity contribution in [3.05, 3.63) is 34.9 Å². The normalized spacial score (nSPS) is 10.0. The second-order valence-corrected chi connectivity index (χ2v) is 4.27. The summed E-state index contributed by atoms with van der Waals surface area (Å²) in [4.78, 5) is 34.8. The van der Waals surface area contributed by atoms with E-state index in [1.807, 2.05) is 13.0 Å². The molecule has 1 aromatic rings. The molecule has 0 heterocycles. The van der Waals surface area contributed by atoms with E-state index in [0.717, 1.165) is 16.0 Å². The molecule has 0 aliphatic carbocycles. The van der Waals surface area contributed by atoms with Gasteiger partial charge in [-0.2, -0.15) is 0 Å². The molecule has 0 saturated carbocycles. The molecule has 102 valence electrons. The van der Waals surface area contributed by atoms with Gasteiger partial charge in [-0.05, 0) is 31.0 Å². The summed E-state index contributed by atoms with van der Waals surface area (Å²) in [6.45, 7) is 2.64. The van der Waals surface area contributed by atoms with Crippen LogP contribution in [0.5, 0.6) is 0 Å². The molecule has 0 aliphatic heterocycles. The Bertz CT molecular complexity index is 509. The van der Waals surface area contributed by atoms with Gasteiger partial charge in [-0.1, -0.05) is 12.1 Å². The van der Waals surface area contributed by atoms with Crippen LogP contribution in [0.25, 0.3) is 0 Å². The van der Waals surface area contributed by atoms with Crippen LogP contribution in [0.15, 0.2) is 18.2 Å². The van der Waals surface area contributed by atoms with Crippen molar-refractivity contribution in [3.63, 3.8) is 0 Å². The zero-order valence-corrected chi connectivity index (χ0v) is 10.8. The van der Waals surface area contributed by atoms with E-state index in [9.17, 15) is 14.4 Å². The molecular weight excluding hydrogens is 248 g/mol. The Morgan fingerprint density at radius 3 is 2.37 bits per heavy atom. The molecule has 0 aliphatic rings. The van der Waals surface area contributed by atoms with Gasteiger partial charge >= 0.3 is 5.97 Å². The highest BCUT2D eigenvalue weighted by Crippen LogP contribution is 2.15. The Labute approximate surface area is 110 Å². The quantitative estimate of drug-likeness (QED) is 0.799. The molecule has 0 fully saturated rings. The van der Waals surface area contributed by atoms with Crippen LogP contribution >= 0.6 is 0 Å². The number of carboxylic acid groups (broad SMARTS) is 1. The number of carboxylic acids is 1. The highest BCUT2D eigenvalue weighted by atomic mass is 16.4. The number of benzene rings is 1. The Balaban J connectivity index is 3.07. The van der Waals surface area contributed by atoms with Crippen LogP contribution in [-0.4, -0.2) is 40.9 Å². The lowest BCUT2D eigenvalue weighted by Gasteiger charge is -2.20. The molecule has 0 spiro atoms. The minimum Gasteiger partial charge on any atom is -0.480 e. The fraction of sp³-hybridized carbons (Fsp3) is 0.308. The van der Waals surface area contributed by atoms with Crippen LogP contribution in [-0.2, 0) is 9.59 Å². The van der Waals surface area contributed by atoms with Crippen LogP contribution < -0.4 is 5.73 Å². The van der Waals surface area contributed by atoms with Gasteiger partial charge in [0.15, 0.2) is 0 Å². The molecular formula is C13H16N2O4. The summed E-state index contributed by atoms with van der Waals surface area (Å²) in [5.41, 5.74) is 7.08. The third-order valence-electron chi connectivity index (χ3n) is 2.80. The predicted molar refractivity (Wildman–Crippen MR) is 68.6 cm³/mol. The summed E-state index contributed by atoms with van der Waals surface area (Å²) in [6.07, 6.45) is 0. The number of carbonyl (C=O) groups is 3. The number of aliphatic carboxylic acids is 1. The average Bonchev–Trinajstić information content (AvgIpc) is 2.30. The molecule has 3 N–H and O–H groups in total. The Kier molecular flexibility index (Phi) is 4.63. The first-order valence-electron chi connectivity index (χ1n) is 5.68. The summed E-state index contributed by atoms with van der Waals surface area (Å²) in [7, 11) is 0. The number of hydrogen-bond donors (Lipinski definition) is 2. The van der Waals surface area contributed by atoms with Crippen LogP contribution in [0.4, 0.5) is 0 Å². The highest BCUT2D eigenvalue weighted by Gasteiger charge is 2.21. The van der Waals surface area contributed by atoms with Crippen molar-refractivity contribution < 1.29 is 19.5 Å². The summed E-state index contributed by atoms with van der Waals surface area (Å²) >= 11 is 0. The van der Waals surface area contributed by atoms with Gasteiger partial charge in [0.25, 0.3) is 5.91 Å². The van der Waals surface area contributed by atoms with E-state index < -0.39 is 30.9 Å². The molecule has 0 radical (unpaired) electrons. The van der Waals surface area contributed by atoms with Gasteiger partial charge in [-0.15, -0.1) is 0 Å². The first-order valence-corrected chi connectivity index (χ1v) is 5.68. The number of amides is 2. The van der Waals surface area contributed by atoms with Gasteiger partial charge in [0.05, 0.1) is 0 Å². The highest BCUT2D eigenvalue weighted by molar-refractivity contribution is 5.99. The van der Waals surface area contributed by atoms with Crippen molar-refractivity contribution in [2.45, 2.75) is 13.8 Å². The average molecular weight is 264 g/mol. The maximum Gasteiger partial charge on any atom is 0.323 e. The molecule has 1 rings (SSSR count). The van der Waals surface area contributed by atoms with Gasteiger partial charge in [-0.3, -0.25) is 14.4 Å². The third kappa shape index (κ3) is 3.80. The van der Waals surface area contributed by atoms with E-state index in [2.05, 4.69) is 0 Å². The monoisotopic (exact) mass is 264 g/mol. The van der Waals surface area contributed by atoms with Crippen LogP contribution in [0.3, 0.4) is 0 Å². The van der Waals surface area contributed by atoms with E-state index in [1.54, 1.807) is 19.1 Å². The predicted octanol–water partition coefficient (Wildman–Crippen LogP) is 0.316. The summed E-state index contributed by atoms with van der Waals surface area (Å²) < 4.78 is 0. The summed E-state index contributed by atoms with van der Waals surface area (Å²) in [5, 5.41) is 8.77. The first kappa shape index (κ1) is 14.7. The molecule has 19 heavy (non-hydrogen) atoms. The Hall–Kier alpha value is -2.37. The zero-order valence-electron chi connectivity index (χ0n) is 10.8. The molecule has 6 nitrogen and oxygen atoms in total. The number of primary amides is 1. The minimum absolute atomic E-state index is 0.377. The van der Waals surface area contributed by atoms with Gasteiger partial charge in [-0.25, -0.2) is 0 Å². The lowest BCUT2D eigenvalue weighted by molar-refractivity contribution is -0.138. The summed E-state index contributed by atoms with van der Waals surface area (Å²) in [6, 6.07) is 5.15. The maximum atomic E-state index is 12.2. The SMILES string of the molecule is Cc1cccc(C(=O)N(CC(N)=O)CC(=O)O)c1C. The van der Waals surface area contributed by atoms with E-state index in [-0.39, 0.29) is 0 Å². The fourth-order valence-electron chi connectivity index (χ4n) is 1.70. The molecule has 0 atom stereocenters. The summed E-state index contributed by atoms with van der Waals surface area (Å²) in [5.74, 6) is -2.46.